The van der Waals surface area contributed by atoms with Gasteiger partial charge in [-0.05, 0) is 50.1 Å². The highest BCUT2D eigenvalue weighted by Gasteiger charge is 2.13. The number of benzene rings is 1. The molecule has 1 atom stereocenters. The SMILES string of the molecule is CCOc1ccc(C(C)NC(=O)CSCc2cccnc2)cc1OCC. The van der Waals surface area contributed by atoms with Crippen LogP contribution >= 0.6 is 11.8 Å². The van der Waals surface area contributed by atoms with E-state index in [1.54, 1.807) is 18.0 Å². The molecule has 0 spiro atoms. The highest BCUT2D eigenvalue weighted by molar-refractivity contribution is 7.99. The molecular formula is C20H26N2O3S. The lowest BCUT2D eigenvalue weighted by Crippen LogP contribution is -2.28. The van der Waals surface area contributed by atoms with Gasteiger partial charge in [-0.15, -0.1) is 11.8 Å². The van der Waals surface area contributed by atoms with Crippen LogP contribution in [-0.2, 0) is 10.5 Å². The molecule has 0 aliphatic heterocycles. The monoisotopic (exact) mass is 374 g/mol. The molecule has 2 rings (SSSR count). The fraction of sp³-hybridized carbons (Fsp3) is 0.400. The molecule has 26 heavy (non-hydrogen) atoms. The largest absolute Gasteiger partial charge is 0.490 e. The fourth-order valence-corrected chi connectivity index (χ4v) is 3.23. The minimum Gasteiger partial charge on any atom is -0.490 e. The molecule has 1 unspecified atom stereocenters. The van der Waals surface area contributed by atoms with Crippen molar-refractivity contribution in [3.05, 3.63) is 53.9 Å². The van der Waals surface area contributed by atoms with Gasteiger partial charge in [-0.1, -0.05) is 12.1 Å². The van der Waals surface area contributed by atoms with E-state index in [0.717, 1.165) is 22.6 Å². The summed E-state index contributed by atoms with van der Waals surface area (Å²) in [5.41, 5.74) is 2.11. The van der Waals surface area contributed by atoms with E-state index < -0.39 is 0 Å². The summed E-state index contributed by atoms with van der Waals surface area (Å²) < 4.78 is 11.2. The first-order valence-electron chi connectivity index (χ1n) is 8.79. The Labute approximate surface area is 159 Å². The Kier molecular flexibility index (Phi) is 8.28. The Morgan fingerprint density at radius 1 is 1.19 bits per heavy atom. The molecule has 0 radical (unpaired) electrons. The van der Waals surface area contributed by atoms with Gasteiger partial charge in [-0.3, -0.25) is 9.78 Å². The van der Waals surface area contributed by atoms with Gasteiger partial charge >= 0.3 is 0 Å². The number of rotatable bonds is 10. The second kappa shape index (κ2) is 10.7. The van der Waals surface area contributed by atoms with Crippen LogP contribution < -0.4 is 14.8 Å². The molecule has 1 heterocycles. The standard InChI is InChI=1S/C20H26N2O3S/c1-4-24-18-9-8-17(11-19(18)25-5-2)15(3)22-20(23)14-26-13-16-7-6-10-21-12-16/h6-12,15H,4-5,13-14H2,1-3H3,(H,22,23). The average molecular weight is 375 g/mol. The topological polar surface area (TPSA) is 60.5 Å². The van der Waals surface area contributed by atoms with Crippen molar-refractivity contribution in [2.75, 3.05) is 19.0 Å². The van der Waals surface area contributed by atoms with E-state index in [4.69, 9.17) is 9.47 Å². The first-order valence-corrected chi connectivity index (χ1v) is 9.95. The summed E-state index contributed by atoms with van der Waals surface area (Å²) in [7, 11) is 0. The number of pyridine rings is 1. The van der Waals surface area contributed by atoms with Gasteiger partial charge in [0.05, 0.1) is 25.0 Å². The van der Waals surface area contributed by atoms with E-state index in [2.05, 4.69) is 10.3 Å². The molecule has 0 saturated carbocycles. The zero-order chi connectivity index (χ0) is 18.8. The molecule has 0 aliphatic rings. The summed E-state index contributed by atoms with van der Waals surface area (Å²) in [6.07, 6.45) is 3.57. The third kappa shape index (κ3) is 6.26. The van der Waals surface area contributed by atoms with Crippen LogP contribution in [0.1, 0.15) is 37.9 Å². The minimum atomic E-state index is -0.101. The van der Waals surface area contributed by atoms with Crippen molar-refractivity contribution < 1.29 is 14.3 Å². The second-order valence-electron chi connectivity index (χ2n) is 5.72. The smallest absolute Gasteiger partial charge is 0.230 e. The lowest BCUT2D eigenvalue weighted by molar-refractivity contribution is -0.119. The molecule has 1 N–H and O–H groups in total. The molecule has 1 amide bonds. The molecule has 1 aromatic carbocycles. The summed E-state index contributed by atoms with van der Waals surface area (Å²) in [5, 5.41) is 3.03. The van der Waals surface area contributed by atoms with Gasteiger partial charge in [0.1, 0.15) is 0 Å². The van der Waals surface area contributed by atoms with Crippen molar-refractivity contribution in [1.82, 2.24) is 10.3 Å². The van der Waals surface area contributed by atoms with E-state index in [9.17, 15) is 4.79 Å². The van der Waals surface area contributed by atoms with Crippen molar-refractivity contribution in [3.8, 4) is 11.5 Å². The molecular weight excluding hydrogens is 348 g/mol. The van der Waals surface area contributed by atoms with Gasteiger partial charge in [-0.2, -0.15) is 0 Å². The molecule has 0 aliphatic carbocycles. The number of ether oxygens (including phenoxy) is 2. The van der Waals surface area contributed by atoms with Gasteiger partial charge in [0.2, 0.25) is 5.91 Å². The molecule has 5 nitrogen and oxygen atoms in total. The van der Waals surface area contributed by atoms with E-state index in [0.29, 0.717) is 24.7 Å². The lowest BCUT2D eigenvalue weighted by atomic mass is 10.1. The number of hydrogen-bond donors (Lipinski definition) is 1. The van der Waals surface area contributed by atoms with Crippen molar-refractivity contribution >= 4 is 17.7 Å². The van der Waals surface area contributed by atoms with E-state index in [1.165, 1.54) is 0 Å². The molecule has 2 aromatic rings. The minimum absolute atomic E-state index is 0.0123. The van der Waals surface area contributed by atoms with Gasteiger partial charge in [0.15, 0.2) is 11.5 Å². The number of amides is 1. The third-order valence-electron chi connectivity index (χ3n) is 3.67. The second-order valence-corrected chi connectivity index (χ2v) is 6.70. The maximum atomic E-state index is 12.2. The number of nitrogens with zero attached hydrogens (tertiary/aromatic N) is 1. The Morgan fingerprint density at radius 3 is 2.65 bits per heavy atom. The van der Waals surface area contributed by atoms with Crippen molar-refractivity contribution in [2.45, 2.75) is 32.6 Å². The summed E-state index contributed by atoms with van der Waals surface area (Å²) in [4.78, 5) is 16.3. The highest BCUT2D eigenvalue weighted by atomic mass is 32.2. The van der Waals surface area contributed by atoms with Gasteiger partial charge in [-0.25, -0.2) is 0 Å². The van der Waals surface area contributed by atoms with Gasteiger partial charge in [0.25, 0.3) is 0 Å². The van der Waals surface area contributed by atoms with Crippen molar-refractivity contribution in [1.29, 1.82) is 0 Å². The van der Waals surface area contributed by atoms with Crippen LogP contribution in [0.25, 0.3) is 0 Å². The number of carbonyl (C=O) groups is 1. The average Bonchev–Trinajstić information content (AvgIpc) is 2.64. The van der Waals surface area contributed by atoms with Crippen molar-refractivity contribution in [3.63, 3.8) is 0 Å². The molecule has 0 bridgehead atoms. The summed E-state index contributed by atoms with van der Waals surface area (Å²) in [6, 6.07) is 9.60. The molecule has 140 valence electrons. The summed E-state index contributed by atoms with van der Waals surface area (Å²) in [5.74, 6) is 2.63. The third-order valence-corrected chi connectivity index (χ3v) is 4.67. The van der Waals surface area contributed by atoms with Crippen LogP contribution in [0.5, 0.6) is 11.5 Å². The Morgan fingerprint density at radius 2 is 1.96 bits per heavy atom. The van der Waals surface area contributed by atoms with Gasteiger partial charge in [0, 0.05) is 18.1 Å². The maximum absolute atomic E-state index is 12.2. The summed E-state index contributed by atoms with van der Waals surface area (Å²) in [6.45, 7) is 6.99. The first kappa shape index (κ1) is 20.1. The Balaban J connectivity index is 1.88. The Bertz CT molecular complexity index is 695. The van der Waals surface area contributed by atoms with E-state index in [-0.39, 0.29) is 11.9 Å². The normalized spacial score (nSPS) is 11.7. The van der Waals surface area contributed by atoms with Gasteiger partial charge < -0.3 is 14.8 Å². The Hall–Kier alpha value is -2.21. The predicted molar refractivity (Wildman–Crippen MR) is 106 cm³/mol. The predicted octanol–water partition coefficient (Wildman–Crippen LogP) is 3.99. The van der Waals surface area contributed by atoms with Crippen LogP contribution in [0.4, 0.5) is 0 Å². The van der Waals surface area contributed by atoms with Crippen LogP contribution in [-0.4, -0.2) is 29.9 Å². The molecule has 0 fully saturated rings. The number of hydrogen-bond acceptors (Lipinski definition) is 5. The molecule has 1 aromatic heterocycles. The molecule has 6 heteroatoms. The lowest BCUT2D eigenvalue weighted by Gasteiger charge is -2.17. The van der Waals surface area contributed by atoms with Crippen LogP contribution in [0.15, 0.2) is 42.7 Å². The van der Waals surface area contributed by atoms with E-state index >= 15 is 0 Å². The fourth-order valence-electron chi connectivity index (χ4n) is 2.45. The number of thioether (sulfide) groups is 1. The van der Waals surface area contributed by atoms with Crippen LogP contribution in [0.2, 0.25) is 0 Å². The number of carbonyl (C=O) groups excluding carboxylic acids is 1. The number of aromatic nitrogens is 1. The van der Waals surface area contributed by atoms with Crippen LogP contribution in [0, 0.1) is 0 Å². The van der Waals surface area contributed by atoms with Crippen molar-refractivity contribution in [2.24, 2.45) is 0 Å². The maximum Gasteiger partial charge on any atom is 0.230 e. The zero-order valence-corrected chi connectivity index (χ0v) is 16.3. The first-order chi connectivity index (χ1) is 12.6. The van der Waals surface area contributed by atoms with Crippen LogP contribution in [0.3, 0.4) is 0 Å². The number of nitrogens with one attached hydrogen (secondary N) is 1. The quantitative estimate of drug-likeness (QED) is 0.681. The summed E-state index contributed by atoms with van der Waals surface area (Å²) >= 11 is 1.58. The zero-order valence-electron chi connectivity index (χ0n) is 15.5. The highest BCUT2D eigenvalue weighted by Crippen LogP contribution is 2.30. The molecule has 0 saturated heterocycles. The van der Waals surface area contributed by atoms with E-state index in [1.807, 2.05) is 57.3 Å².